The molecular formula is C14H18O2. The minimum absolute atomic E-state index is 0.0765. The molecule has 2 nitrogen and oxygen atoms in total. The highest BCUT2D eigenvalue weighted by molar-refractivity contribution is 5.98. The zero-order valence-corrected chi connectivity index (χ0v) is 9.95. The molecule has 0 aromatic heterocycles. The van der Waals surface area contributed by atoms with Crippen molar-refractivity contribution in [2.75, 3.05) is 0 Å². The number of rotatable bonds is 0. The van der Waals surface area contributed by atoms with Gasteiger partial charge in [0.15, 0.2) is 5.78 Å². The van der Waals surface area contributed by atoms with Gasteiger partial charge in [-0.25, -0.2) is 0 Å². The summed E-state index contributed by atoms with van der Waals surface area (Å²) in [6.45, 7) is 4.30. The molecule has 0 saturated heterocycles. The highest BCUT2D eigenvalue weighted by Crippen LogP contribution is 2.47. The van der Waals surface area contributed by atoms with Crippen LogP contribution in [0.15, 0.2) is 23.5 Å². The van der Waals surface area contributed by atoms with Crippen molar-refractivity contribution in [3.63, 3.8) is 0 Å². The van der Waals surface area contributed by atoms with Gasteiger partial charge in [-0.3, -0.25) is 4.79 Å². The van der Waals surface area contributed by atoms with Gasteiger partial charge in [0, 0.05) is 24.3 Å². The summed E-state index contributed by atoms with van der Waals surface area (Å²) in [5.74, 6) is 1.56. The fourth-order valence-corrected chi connectivity index (χ4v) is 3.16. The Kier molecular flexibility index (Phi) is 2.04. The Morgan fingerprint density at radius 1 is 1.38 bits per heavy atom. The van der Waals surface area contributed by atoms with Crippen molar-refractivity contribution in [3.8, 4) is 0 Å². The summed E-state index contributed by atoms with van der Waals surface area (Å²) in [5.41, 5.74) is 1.06. The Labute approximate surface area is 96.4 Å². The molecule has 0 aromatic rings. The molecule has 86 valence electrons. The molecule has 2 heteroatoms. The van der Waals surface area contributed by atoms with Crippen LogP contribution in [0.4, 0.5) is 0 Å². The second-order valence-electron chi connectivity index (χ2n) is 5.97. The molecule has 3 aliphatic rings. The van der Waals surface area contributed by atoms with E-state index in [0.717, 1.165) is 30.6 Å². The molecule has 1 heterocycles. The molecule has 0 unspecified atom stereocenters. The van der Waals surface area contributed by atoms with Crippen LogP contribution in [-0.4, -0.2) is 11.9 Å². The Balaban J connectivity index is 1.98. The van der Waals surface area contributed by atoms with Crippen molar-refractivity contribution >= 4 is 5.78 Å². The van der Waals surface area contributed by atoms with E-state index in [4.69, 9.17) is 4.74 Å². The van der Waals surface area contributed by atoms with Gasteiger partial charge < -0.3 is 4.74 Å². The first kappa shape index (κ1) is 10.1. The topological polar surface area (TPSA) is 26.3 Å². The second-order valence-corrected chi connectivity index (χ2v) is 5.97. The third-order valence-electron chi connectivity index (χ3n) is 3.87. The summed E-state index contributed by atoms with van der Waals surface area (Å²) in [7, 11) is 0. The van der Waals surface area contributed by atoms with Gasteiger partial charge in [0.2, 0.25) is 0 Å². The van der Waals surface area contributed by atoms with E-state index in [-0.39, 0.29) is 17.4 Å². The predicted octanol–water partition coefficient (Wildman–Crippen LogP) is 2.99. The predicted molar refractivity (Wildman–Crippen MR) is 61.8 cm³/mol. The maximum Gasteiger partial charge on any atom is 0.163 e. The Bertz CT molecular complexity index is 401. The largest absolute Gasteiger partial charge is 0.493 e. The minimum atomic E-state index is 0.0765. The maximum atomic E-state index is 12.2. The highest BCUT2D eigenvalue weighted by Gasteiger charge is 2.44. The number of ether oxygens (including phenoxy) is 1. The van der Waals surface area contributed by atoms with Crippen molar-refractivity contribution in [2.24, 2.45) is 11.3 Å². The van der Waals surface area contributed by atoms with E-state index in [1.807, 2.05) is 0 Å². The Morgan fingerprint density at radius 3 is 3.00 bits per heavy atom. The zero-order chi connectivity index (χ0) is 11.3. The van der Waals surface area contributed by atoms with Crippen molar-refractivity contribution in [1.82, 2.24) is 0 Å². The molecule has 0 radical (unpaired) electrons. The number of Topliss-reactive ketones (excluding diaryl/α,β-unsaturated/α-hetero) is 1. The molecule has 16 heavy (non-hydrogen) atoms. The summed E-state index contributed by atoms with van der Waals surface area (Å²) >= 11 is 0. The van der Waals surface area contributed by atoms with Crippen LogP contribution in [0.3, 0.4) is 0 Å². The molecule has 3 rings (SSSR count). The number of hydrogen-bond acceptors (Lipinski definition) is 2. The third kappa shape index (κ3) is 1.43. The molecule has 0 N–H and O–H groups in total. The Hall–Kier alpha value is -1.05. The molecule has 0 aromatic carbocycles. The van der Waals surface area contributed by atoms with E-state index < -0.39 is 0 Å². The minimum Gasteiger partial charge on any atom is -0.493 e. The van der Waals surface area contributed by atoms with Crippen LogP contribution in [-0.2, 0) is 9.53 Å². The first-order valence-corrected chi connectivity index (χ1v) is 6.16. The monoisotopic (exact) mass is 218 g/mol. The second kappa shape index (κ2) is 3.22. The summed E-state index contributed by atoms with van der Waals surface area (Å²) < 4.78 is 5.98. The molecule has 0 fully saturated rings. The van der Waals surface area contributed by atoms with Crippen molar-refractivity contribution in [1.29, 1.82) is 0 Å². The van der Waals surface area contributed by atoms with E-state index >= 15 is 0 Å². The molecule has 2 atom stereocenters. The van der Waals surface area contributed by atoms with Gasteiger partial charge in [0.1, 0.15) is 11.9 Å². The van der Waals surface area contributed by atoms with E-state index in [1.54, 1.807) is 0 Å². The standard InChI is InChI=1S/C14H18O2/c1-14(2)7-10(15)13-9-5-3-4-6-11(9)16-12(13)8-14/h3,5,9,11H,4,6-8H2,1-2H3/t9-,11+/m1/s1. The number of allylic oxidation sites excluding steroid dienone is 2. The van der Waals surface area contributed by atoms with Gasteiger partial charge in [0.05, 0.1) is 0 Å². The number of carbonyl (C=O) groups is 1. The summed E-state index contributed by atoms with van der Waals surface area (Å²) in [6.07, 6.45) is 8.34. The van der Waals surface area contributed by atoms with Gasteiger partial charge in [-0.05, 0) is 18.3 Å². The number of ketones is 1. The van der Waals surface area contributed by atoms with E-state index in [1.165, 1.54) is 0 Å². The van der Waals surface area contributed by atoms with Crippen LogP contribution in [0.25, 0.3) is 0 Å². The highest BCUT2D eigenvalue weighted by atomic mass is 16.5. The molecule has 0 spiro atoms. The fourth-order valence-electron chi connectivity index (χ4n) is 3.16. The van der Waals surface area contributed by atoms with Crippen LogP contribution in [0.2, 0.25) is 0 Å². The summed E-state index contributed by atoms with van der Waals surface area (Å²) in [6, 6.07) is 0. The lowest BCUT2D eigenvalue weighted by molar-refractivity contribution is -0.118. The lowest BCUT2D eigenvalue weighted by Crippen LogP contribution is -2.27. The van der Waals surface area contributed by atoms with Gasteiger partial charge in [0.25, 0.3) is 0 Å². The van der Waals surface area contributed by atoms with Crippen LogP contribution >= 0.6 is 0 Å². The van der Waals surface area contributed by atoms with Gasteiger partial charge in [-0.1, -0.05) is 26.0 Å². The molecule has 1 aliphatic heterocycles. The van der Waals surface area contributed by atoms with Crippen LogP contribution in [0.5, 0.6) is 0 Å². The third-order valence-corrected chi connectivity index (χ3v) is 3.87. The van der Waals surface area contributed by atoms with E-state index in [2.05, 4.69) is 26.0 Å². The van der Waals surface area contributed by atoms with Crippen molar-refractivity contribution in [3.05, 3.63) is 23.5 Å². The van der Waals surface area contributed by atoms with Gasteiger partial charge >= 0.3 is 0 Å². The summed E-state index contributed by atoms with van der Waals surface area (Å²) in [4.78, 5) is 12.2. The van der Waals surface area contributed by atoms with Crippen molar-refractivity contribution in [2.45, 2.75) is 45.6 Å². The number of carbonyl (C=O) groups excluding carboxylic acids is 1. The SMILES string of the molecule is CC1(C)CC(=O)C2=C(C1)O[C@H]1CCC=C[C@@H]21. The van der Waals surface area contributed by atoms with Gasteiger partial charge in [-0.2, -0.15) is 0 Å². The molecular weight excluding hydrogens is 200 g/mol. The lowest BCUT2D eigenvalue weighted by atomic mass is 9.73. The molecule has 0 amide bonds. The van der Waals surface area contributed by atoms with Crippen LogP contribution in [0.1, 0.15) is 39.5 Å². The summed E-state index contributed by atoms with van der Waals surface area (Å²) in [5, 5.41) is 0. The van der Waals surface area contributed by atoms with E-state index in [9.17, 15) is 4.79 Å². The normalized spacial score (nSPS) is 35.8. The smallest absolute Gasteiger partial charge is 0.163 e. The average Bonchev–Trinajstić information content (AvgIpc) is 2.52. The van der Waals surface area contributed by atoms with E-state index in [0.29, 0.717) is 12.2 Å². The van der Waals surface area contributed by atoms with Crippen LogP contribution in [0, 0.1) is 11.3 Å². The van der Waals surface area contributed by atoms with Crippen LogP contribution < -0.4 is 0 Å². The molecule has 2 aliphatic carbocycles. The average molecular weight is 218 g/mol. The number of hydrogen-bond donors (Lipinski definition) is 0. The van der Waals surface area contributed by atoms with Crippen molar-refractivity contribution < 1.29 is 9.53 Å². The quantitative estimate of drug-likeness (QED) is 0.584. The Morgan fingerprint density at radius 2 is 2.19 bits per heavy atom. The maximum absolute atomic E-state index is 12.2. The first-order chi connectivity index (χ1) is 7.57. The lowest BCUT2D eigenvalue weighted by Gasteiger charge is -2.28. The van der Waals surface area contributed by atoms with Gasteiger partial charge in [-0.15, -0.1) is 0 Å². The molecule has 0 bridgehead atoms. The number of fused-ring (bicyclic) bond motifs is 2. The molecule has 0 saturated carbocycles. The first-order valence-electron chi connectivity index (χ1n) is 6.16. The fraction of sp³-hybridized carbons (Fsp3) is 0.643. The zero-order valence-electron chi connectivity index (χ0n) is 9.95.